The Labute approximate surface area is 140 Å². The average molecular weight is 363 g/mol. The Bertz CT molecular complexity index is 529. The average Bonchev–Trinajstić information content (AvgIpc) is 3.10. The number of aliphatic carboxylic acids is 4. The Kier molecular flexibility index (Phi) is 6.69. The van der Waals surface area contributed by atoms with Crippen LogP contribution in [0.15, 0.2) is 48.6 Å². The van der Waals surface area contributed by atoms with Crippen molar-refractivity contribution in [3.8, 4) is 0 Å². The molecule has 0 aromatic carbocycles. The SMILES string of the molecule is O=C([O-])C1(C(=O)[O-])C=CC=C1.O=C([O-])C1(C(=O)[O-])C=CC=C1.[Co]. The van der Waals surface area contributed by atoms with E-state index in [0.717, 1.165) is 24.3 Å². The Morgan fingerprint density at radius 2 is 0.696 bits per heavy atom. The van der Waals surface area contributed by atoms with Crippen molar-refractivity contribution in [2.75, 3.05) is 0 Å². The minimum absolute atomic E-state index is 0. The summed E-state index contributed by atoms with van der Waals surface area (Å²) in [5, 5.41) is 41.3. The molecular weight excluding hydrogens is 355 g/mol. The van der Waals surface area contributed by atoms with Crippen LogP contribution < -0.4 is 20.4 Å². The van der Waals surface area contributed by atoms with Gasteiger partial charge in [0.05, 0.1) is 34.7 Å². The van der Waals surface area contributed by atoms with Crippen LogP contribution in [-0.2, 0) is 36.0 Å². The van der Waals surface area contributed by atoms with E-state index >= 15 is 0 Å². The predicted octanol–water partition coefficient (Wildman–Crippen LogP) is -4.81. The van der Waals surface area contributed by atoms with Gasteiger partial charge in [-0.1, -0.05) is 48.6 Å². The van der Waals surface area contributed by atoms with E-state index in [-0.39, 0.29) is 16.8 Å². The van der Waals surface area contributed by atoms with E-state index in [9.17, 15) is 39.6 Å². The molecule has 2 rings (SSSR count). The topological polar surface area (TPSA) is 161 Å². The van der Waals surface area contributed by atoms with Crippen molar-refractivity contribution in [3.63, 3.8) is 0 Å². The van der Waals surface area contributed by atoms with Crippen molar-refractivity contribution in [1.29, 1.82) is 0 Å². The zero-order valence-corrected chi connectivity index (χ0v) is 12.3. The molecule has 2 aliphatic rings. The minimum atomic E-state index is -2.06. The maximum absolute atomic E-state index is 10.3. The Balaban J connectivity index is 0.000000403. The molecule has 0 N–H and O–H groups in total. The first-order valence-corrected chi connectivity index (χ1v) is 5.79. The molecule has 23 heavy (non-hydrogen) atoms. The van der Waals surface area contributed by atoms with Crippen LogP contribution in [0.3, 0.4) is 0 Å². The summed E-state index contributed by atoms with van der Waals surface area (Å²) in [6.45, 7) is 0. The molecule has 0 amide bonds. The molecule has 0 saturated heterocycles. The van der Waals surface area contributed by atoms with Crippen LogP contribution in [0, 0.1) is 10.8 Å². The first-order chi connectivity index (χ1) is 10.2. The normalized spacial score (nSPS) is 17.7. The van der Waals surface area contributed by atoms with Gasteiger partial charge in [-0.25, -0.2) is 0 Å². The van der Waals surface area contributed by atoms with Crippen molar-refractivity contribution >= 4 is 23.9 Å². The number of hydrogen-bond acceptors (Lipinski definition) is 8. The number of carbonyl (C=O) groups is 4. The smallest absolute Gasteiger partial charge is 0.0859 e. The van der Waals surface area contributed by atoms with Gasteiger partial charge in [0.15, 0.2) is 0 Å². The van der Waals surface area contributed by atoms with Crippen LogP contribution in [0.5, 0.6) is 0 Å². The van der Waals surface area contributed by atoms with Crippen molar-refractivity contribution in [2.24, 2.45) is 10.8 Å². The largest absolute Gasteiger partial charge is 0.548 e. The molecule has 0 heterocycles. The molecular formula is C14H8CoO8-4. The number of allylic oxidation sites excluding steroid dienone is 4. The molecule has 0 unspecified atom stereocenters. The van der Waals surface area contributed by atoms with E-state index in [1.807, 2.05) is 0 Å². The Hall–Kier alpha value is -2.65. The molecule has 9 heteroatoms. The fourth-order valence-electron chi connectivity index (χ4n) is 1.65. The van der Waals surface area contributed by atoms with E-state index in [0.29, 0.717) is 0 Å². The van der Waals surface area contributed by atoms with Crippen LogP contribution in [0.4, 0.5) is 0 Å². The standard InChI is InChI=1S/2C7H6O4.Co/c2*8-5(9)7(6(10)11)3-1-2-4-7;/h2*1-4H,(H,8,9)(H,10,11);/p-4. The molecule has 0 aromatic heterocycles. The van der Waals surface area contributed by atoms with Gasteiger partial charge in [0.1, 0.15) is 0 Å². The Morgan fingerprint density at radius 3 is 0.783 bits per heavy atom. The van der Waals surface area contributed by atoms with Crippen LogP contribution in [0.25, 0.3) is 0 Å². The second-order valence-corrected chi connectivity index (χ2v) is 4.32. The maximum Gasteiger partial charge on any atom is 0.0859 e. The van der Waals surface area contributed by atoms with Gasteiger partial charge in [-0.15, -0.1) is 0 Å². The number of hydrogen-bond donors (Lipinski definition) is 0. The van der Waals surface area contributed by atoms with E-state index in [2.05, 4.69) is 0 Å². The van der Waals surface area contributed by atoms with Crippen LogP contribution >= 0.6 is 0 Å². The third-order valence-corrected chi connectivity index (χ3v) is 3.01. The van der Waals surface area contributed by atoms with Gasteiger partial charge in [0.2, 0.25) is 0 Å². The second-order valence-electron chi connectivity index (χ2n) is 4.32. The fourth-order valence-corrected chi connectivity index (χ4v) is 1.65. The summed E-state index contributed by atoms with van der Waals surface area (Å²) in [5.74, 6) is -6.71. The van der Waals surface area contributed by atoms with E-state index in [4.69, 9.17) is 0 Å². The van der Waals surface area contributed by atoms with Crippen LogP contribution in [0.1, 0.15) is 0 Å². The molecule has 0 aromatic rings. The molecule has 0 spiro atoms. The van der Waals surface area contributed by atoms with Gasteiger partial charge in [-0.3, -0.25) is 0 Å². The summed E-state index contributed by atoms with van der Waals surface area (Å²) in [5.41, 5.74) is -4.11. The van der Waals surface area contributed by atoms with Gasteiger partial charge < -0.3 is 39.6 Å². The molecule has 0 atom stereocenters. The quantitative estimate of drug-likeness (QED) is 0.450. The van der Waals surface area contributed by atoms with Crippen molar-refractivity contribution in [2.45, 2.75) is 0 Å². The fraction of sp³-hybridized carbons (Fsp3) is 0.143. The predicted molar refractivity (Wildman–Crippen MR) is 61.5 cm³/mol. The zero-order valence-electron chi connectivity index (χ0n) is 11.2. The summed E-state index contributed by atoms with van der Waals surface area (Å²) in [4.78, 5) is 41.3. The first-order valence-electron chi connectivity index (χ1n) is 5.79. The first kappa shape index (κ1) is 20.3. The molecule has 2 aliphatic carbocycles. The molecule has 0 bridgehead atoms. The minimum Gasteiger partial charge on any atom is -0.548 e. The molecule has 8 nitrogen and oxygen atoms in total. The summed E-state index contributed by atoms with van der Waals surface area (Å²) < 4.78 is 0. The number of rotatable bonds is 4. The van der Waals surface area contributed by atoms with E-state index < -0.39 is 34.7 Å². The second kappa shape index (κ2) is 7.56. The maximum atomic E-state index is 10.3. The van der Waals surface area contributed by atoms with Gasteiger partial charge in [-0.2, -0.15) is 0 Å². The summed E-state index contributed by atoms with van der Waals surface area (Å²) in [7, 11) is 0. The van der Waals surface area contributed by atoms with Gasteiger partial charge >= 0.3 is 0 Å². The number of carbonyl (C=O) groups excluding carboxylic acids is 4. The van der Waals surface area contributed by atoms with Gasteiger partial charge in [0.25, 0.3) is 0 Å². The summed E-state index contributed by atoms with van der Waals surface area (Å²) in [6, 6.07) is 0. The van der Waals surface area contributed by atoms with E-state index in [1.165, 1.54) is 24.3 Å². The van der Waals surface area contributed by atoms with Gasteiger partial charge in [0, 0.05) is 16.8 Å². The molecule has 125 valence electrons. The summed E-state index contributed by atoms with van der Waals surface area (Å²) >= 11 is 0. The third kappa shape index (κ3) is 3.76. The monoisotopic (exact) mass is 363 g/mol. The van der Waals surface area contributed by atoms with Crippen molar-refractivity contribution < 1.29 is 56.4 Å². The number of carboxylic acids is 4. The summed E-state index contributed by atoms with van der Waals surface area (Å²) in [6.07, 6.45) is 9.35. The molecule has 0 fully saturated rings. The van der Waals surface area contributed by atoms with Gasteiger partial charge in [-0.05, 0) is 0 Å². The van der Waals surface area contributed by atoms with Crippen LogP contribution in [0.2, 0.25) is 0 Å². The molecule has 0 saturated carbocycles. The van der Waals surface area contributed by atoms with Crippen LogP contribution in [-0.4, -0.2) is 23.9 Å². The zero-order chi connectivity index (χ0) is 17.0. The van der Waals surface area contributed by atoms with Crippen molar-refractivity contribution in [3.05, 3.63) is 48.6 Å². The molecule has 1 radical (unpaired) electrons. The number of carboxylic acid groups (broad SMARTS) is 4. The van der Waals surface area contributed by atoms with Crippen molar-refractivity contribution in [1.82, 2.24) is 0 Å². The molecule has 0 aliphatic heterocycles. The Morgan fingerprint density at radius 1 is 0.522 bits per heavy atom. The van der Waals surface area contributed by atoms with E-state index in [1.54, 1.807) is 0 Å². The third-order valence-electron chi connectivity index (χ3n) is 3.01.